The van der Waals surface area contributed by atoms with Gasteiger partial charge in [-0.15, -0.1) is 0 Å². The normalized spacial score (nSPS) is 13.5. The molecule has 3 aromatic rings. The number of carbonyl (C=O) groups excluding carboxylic acids is 2. The summed E-state index contributed by atoms with van der Waals surface area (Å²) in [6.07, 6.45) is 1.67. The number of nitrogens with zero attached hydrogens (tertiary/aromatic N) is 2. The highest BCUT2D eigenvalue weighted by atomic mass is 32.1. The Morgan fingerprint density at radius 2 is 1.90 bits per heavy atom. The van der Waals surface area contributed by atoms with Crippen molar-refractivity contribution in [3.63, 3.8) is 0 Å². The van der Waals surface area contributed by atoms with Crippen LogP contribution >= 0.6 is 12.2 Å². The van der Waals surface area contributed by atoms with Gasteiger partial charge in [0.2, 0.25) is 0 Å². The lowest BCUT2D eigenvalue weighted by atomic mass is 10.1. The standard InChI is InChI=1S/C14H8N4O2S/c19-12-8-4-3-7(6-9(8)13(20)17-12)18-11-10(16-14(18)21)2-1-5-15-11/h1-6H,(H,16,21)(H,17,19,20). The summed E-state index contributed by atoms with van der Waals surface area (Å²) in [6, 6.07) is 8.70. The Labute approximate surface area is 123 Å². The zero-order chi connectivity index (χ0) is 14.6. The Balaban J connectivity index is 2.01. The van der Waals surface area contributed by atoms with Crippen molar-refractivity contribution < 1.29 is 9.59 Å². The first-order valence-corrected chi connectivity index (χ1v) is 6.62. The highest BCUT2D eigenvalue weighted by Gasteiger charge is 2.27. The van der Waals surface area contributed by atoms with Gasteiger partial charge in [-0.2, -0.15) is 0 Å². The Morgan fingerprint density at radius 3 is 2.76 bits per heavy atom. The Kier molecular flexibility index (Phi) is 2.34. The van der Waals surface area contributed by atoms with Gasteiger partial charge in [-0.05, 0) is 42.5 Å². The molecule has 0 radical (unpaired) electrons. The van der Waals surface area contributed by atoms with E-state index in [0.717, 1.165) is 5.52 Å². The van der Waals surface area contributed by atoms with Gasteiger partial charge in [0.25, 0.3) is 11.8 Å². The molecule has 0 saturated heterocycles. The zero-order valence-corrected chi connectivity index (χ0v) is 11.4. The Morgan fingerprint density at radius 1 is 1.10 bits per heavy atom. The van der Waals surface area contributed by atoms with Crippen LogP contribution in [0.15, 0.2) is 36.5 Å². The number of carbonyl (C=O) groups is 2. The second kappa shape index (κ2) is 4.10. The summed E-state index contributed by atoms with van der Waals surface area (Å²) in [4.78, 5) is 30.7. The minimum atomic E-state index is -0.392. The van der Waals surface area contributed by atoms with Gasteiger partial charge >= 0.3 is 0 Å². The topological polar surface area (TPSA) is 79.8 Å². The van der Waals surface area contributed by atoms with Crippen molar-refractivity contribution in [3.8, 4) is 5.69 Å². The second-order valence-corrected chi connectivity index (χ2v) is 5.04. The monoisotopic (exact) mass is 296 g/mol. The van der Waals surface area contributed by atoms with E-state index < -0.39 is 5.91 Å². The highest BCUT2D eigenvalue weighted by molar-refractivity contribution is 7.71. The average molecular weight is 296 g/mol. The van der Waals surface area contributed by atoms with Crippen molar-refractivity contribution in [2.24, 2.45) is 0 Å². The van der Waals surface area contributed by atoms with Gasteiger partial charge in [0.05, 0.1) is 22.3 Å². The number of aromatic nitrogens is 3. The molecule has 4 rings (SSSR count). The molecular formula is C14H8N4O2S. The maximum atomic E-state index is 11.8. The van der Waals surface area contributed by atoms with Gasteiger partial charge in [-0.25, -0.2) is 4.98 Å². The van der Waals surface area contributed by atoms with Crippen molar-refractivity contribution in [1.82, 2.24) is 19.9 Å². The van der Waals surface area contributed by atoms with Crippen molar-refractivity contribution in [2.45, 2.75) is 0 Å². The minimum Gasteiger partial charge on any atom is -0.329 e. The molecular weight excluding hydrogens is 288 g/mol. The molecule has 0 bridgehead atoms. The van der Waals surface area contributed by atoms with Crippen LogP contribution in [0.2, 0.25) is 0 Å². The maximum absolute atomic E-state index is 11.8. The number of imide groups is 1. The molecule has 2 aromatic heterocycles. The third kappa shape index (κ3) is 1.64. The largest absolute Gasteiger partial charge is 0.329 e. The van der Waals surface area contributed by atoms with Crippen LogP contribution in [0.1, 0.15) is 20.7 Å². The first-order valence-electron chi connectivity index (χ1n) is 6.21. The second-order valence-electron chi connectivity index (χ2n) is 4.65. The van der Waals surface area contributed by atoms with Gasteiger partial charge in [-0.3, -0.25) is 19.5 Å². The van der Waals surface area contributed by atoms with Crippen LogP contribution in [0.3, 0.4) is 0 Å². The van der Waals surface area contributed by atoms with Crippen LogP contribution in [-0.2, 0) is 0 Å². The van der Waals surface area contributed by atoms with Gasteiger partial charge < -0.3 is 4.98 Å². The fraction of sp³-hybridized carbons (Fsp3) is 0. The fourth-order valence-electron chi connectivity index (χ4n) is 2.47. The van der Waals surface area contributed by atoms with E-state index in [1.807, 2.05) is 12.1 Å². The van der Waals surface area contributed by atoms with Crippen LogP contribution in [0.4, 0.5) is 0 Å². The van der Waals surface area contributed by atoms with Crippen LogP contribution in [0, 0.1) is 4.77 Å². The molecule has 1 aromatic carbocycles. The summed E-state index contributed by atoms with van der Waals surface area (Å²) in [5, 5.41) is 2.27. The van der Waals surface area contributed by atoms with E-state index in [1.165, 1.54) is 0 Å². The van der Waals surface area contributed by atoms with Crippen LogP contribution in [0.25, 0.3) is 16.9 Å². The van der Waals surface area contributed by atoms with E-state index >= 15 is 0 Å². The number of pyridine rings is 1. The number of imidazole rings is 1. The van der Waals surface area contributed by atoms with E-state index in [1.54, 1.807) is 29.0 Å². The molecule has 3 heterocycles. The number of aromatic amines is 1. The molecule has 102 valence electrons. The quantitative estimate of drug-likeness (QED) is 0.531. The lowest BCUT2D eigenvalue weighted by Gasteiger charge is -2.05. The molecule has 0 aliphatic carbocycles. The Hall–Kier alpha value is -2.80. The number of H-pyrrole nitrogens is 1. The molecule has 2 N–H and O–H groups in total. The highest BCUT2D eigenvalue weighted by Crippen LogP contribution is 2.22. The van der Waals surface area contributed by atoms with Crippen molar-refractivity contribution in [3.05, 3.63) is 52.4 Å². The SMILES string of the molecule is O=C1NC(=O)c2cc(-n3c(=S)[nH]c4cccnc43)ccc21. The summed E-state index contributed by atoms with van der Waals surface area (Å²) in [7, 11) is 0. The predicted octanol–water partition coefficient (Wildman–Crippen LogP) is 1.97. The van der Waals surface area contributed by atoms with Crippen LogP contribution in [-0.4, -0.2) is 26.3 Å². The summed E-state index contributed by atoms with van der Waals surface area (Å²) in [5.41, 5.74) is 2.90. The molecule has 0 saturated carbocycles. The molecule has 0 spiro atoms. The molecule has 0 fully saturated rings. The third-order valence-corrected chi connectivity index (χ3v) is 3.71. The first-order chi connectivity index (χ1) is 10.1. The molecule has 6 nitrogen and oxygen atoms in total. The minimum absolute atomic E-state index is 0.352. The van der Waals surface area contributed by atoms with Crippen molar-refractivity contribution >= 4 is 35.2 Å². The zero-order valence-electron chi connectivity index (χ0n) is 10.6. The Bertz CT molecular complexity index is 986. The van der Waals surface area contributed by atoms with Gasteiger partial charge in [0.15, 0.2) is 10.4 Å². The van der Waals surface area contributed by atoms with E-state index in [2.05, 4.69) is 15.3 Å². The number of fused-ring (bicyclic) bond motifs is 2. The molecule has 1 aliphatic rings. The van der Waals surface area contributed by atoms with Gasteiger partial charge in [0.1, 0.15) is 0 Å². The lowest BCUT2D eigenvalue weighted by Crippen LogP contribution is -2.19. The maximum Gasteiger partial charge on any atom is 0.259 e. The number of hydrogen-bond acceptors (Lipinski definition) is 4. The number of rotatable bonds is 1. The molecule has 2 amide bonds. The van der Waals surface area contributed by atoms with E-state index in [4.69, 9.17) is 12.2 Å². The molecule has 1 aliphatic heterocycles. The molecule has 7 heteroatoms. The van der Waals surface area contributed by atoms with Crippen molar-refractivity contribution in [1.29, 1.82) is 0 Å². The third-order valence-electron chi connectivity index (χ3n) is 3.42. The smallest absolute Gasteiger partial charge is 0.259 e. The number of amides is 2. The first kappa shape index (κ1) is 12.0. The number of hydrogen-bond donors (Lipinski definition) is 2. The van der Waals surface area contributed by atoms with Gasteiger partial charge in [-0.1, -0.05) is 0 Å². The van der Waals surface area contributed by atoms with Gasteiger partial charge in [0, 0.05) is 6.20 Å². The molecule has 21 heavy (non-hydrogen) atoms. The van der Waals surface area contributed by atoms with E-state index in [9.17, 15) is 9.59 Å². The molecule has 0 atom stereocenters. The lowest BCUT2D eigenvalue weighted by molar-refractivity contribution is 0.0879. The van der Waals surface area contributed by atoms with Crippen LogP contribution in [0.5, 0.6) is 0 Å². The van der Waals surface area contributed by atoms with E-state index in [0.29, 0.717) is 27.2 Å². The summed E-state index contributed by atoms with van der Waals surface area (Å²) in [5.74, 6) is -0.765. The average Bonchev–Trinajstić information content (AvgIpc) is 2.95. The van der Waals surface area contributed by atoms with E-state index in [-0.39, 0.29) is 5.91 Å². The number of nitrogens with one attached hydrogen (secondary N) is 2. The van der Waals surface area contributed by atoms with Crippen LogP contribution < -0.4 is 5.32 Å². The summed E-state index contributed by atoms with van der Waals surface area (Å²) >= 11 is 5.32. The molecule has 0 unspecified atom stereocenters. The summed E-state index contributed by atoms with van der Waals surface area (Å²) < 4.78 is 2.22. The number of benzene rings is 1. The fourth-order valence-corrected chi connectivity index (χ4v) is 2.78. The van der Waals surface area contributed by atoms with Crippen molar-refractivity contribution in [2.75, 3.05) is 0 Å². The summed E-state index contributed by atoms with van der Waals surface area (Å²) in [6.45, 7) is 0. The predicted molar refractivity (Wildman–Crippen MR) is 78.1 cm³/mol.